The molecule has 178 valence electrons. The molecular weight excluding hydrogens is 451 g/mol. The van der Waals surface area contributed by atoms with Gasteiger partial charge in [0, 0.05) is 56.8 Å². The lowest BCUT2D eigenvalue weighted by Crippen LogP contribution is -2.49. The third kappa shape index (κ3) is 5.46. The zero-order valence-electron chi connectivity index (χ0n) is 19.2. The fourth-order valence-electron chi connectivity index (χ4n) is 4.46. The number of carbonyl (C=O) groups is 1. The van der Waals surface area contributed by atoms with Crippen molar-refractivity contribution in [2.45, 2.75) is 13.0 Å². The first-order valence-corrected chi connectivity index (χ1v) is 12.6. The van der Waals surface area contributed by atoms with Gasteiger partial charge in [0.2, 0.25) is 5.91 Å². The van der Waals surface area contributed by atoms with E-state index in [0.29, 0.717) is 38.3 Å². The van der Waals surface area contributed by atoms with Crippen LogP contribution in [0.1, 0.15) is 11.3 Å². The topological polar surface area (TPSA) is 48.9 Å². The van der Waals surface area contributed by atoms with Gasteiger partial charge in [-0.15, -0.1) is 11.3 Å². The number of para-hydroxylation sites is 1. The molecule has 0 unspecified atom stereocenters. The Morgan fingerprint density at radius 3 is 2.44 bits per heavy atom. The Kier molecular flexibility index (Phi) is 7.18. The molecule has 2 fully saturated rings. The van der Waals surface area contributed by atoms with Crippen LogP contribution in [-0.2, 0) is 22.5 Å². The molecule has 0 aliphatic carbocycles. The first kappa shape index (κ1) is 23.0. The van der Waals surface area contributed by atoms with Gasteiger partial charge < -0.3 is 14.5 Å². The second-order valence-corrected chi connectivity index (χ2v) is 9.58. The quantitative estimate of drug-likeness (QED) is 0.539. The average molecular weight is 481 g/mol. The Bertz CT molecular complexity index is 1110. The van der Waals surface area contributed by atoms with Crippen molar-refractivity contribution in [3.63, 3.8) is 0 Å². The van der Waals surface area contributed by atoms with Crippen molar-refractivity contribution in [2.24, 2.45) is 0 Å². The van der Waals surface area contributed by atoms with Gasteiger partial charge in [-0.3, -0.25) is 9.69 Å². The second kappa shape index (κ2) is 10.6. The molecule has 8 heteroatoms. The van der Waals surface area contributed by atoms with Crippen molar-refractivity contribution in [1.29, 1.82) is 0 Å². The number of hydrogen-bond donors (Lipinski definition) is 0. The van der Waals surface area contributed by atoms with E-state index in [-0.39, 0.29) is 11.7 Å². The van der Waals surface area contributed by atoms with Crippen LogP contribution in [-0.4, -0.2) is 73.2 Å². The van der Waals surface area contributed by atoms with Crippen LogP contribution in [0.15, 0.2) is 53.9 Å². The van der Waals surface area contributed by atoms with Crippen molar-refractivity contribution < 1.29 is 13.9 Å². The molecular formula is C26H29FN4O2S. The van der Waals surface area contributed by atoms with Crippen molar-refractivity contribution in [3.8, 4) is 10.6 Å². The zero-order chi connectivity index (χ0) is 23.3. The molecule has 0 bridgehead atoms. The van der Waals surface area contributed by atoms with Crippen molar-refractivity contribution in [3.05, 3.63) is 71.0 Å². The summed E-state index contributed by atoms with van der Waals surface area (Å²) in [5, 5.41) is 2.91. The molecule has 6 nitrogen and oxygen atoms in total. The number of halogens is 1. The predicted octanol–water partition coefficient (Wildman–Crippen LogP) is 3.67. The minimum absolute atomic E-state index is 0.0749. The van der Waals surface area contributed by atoms with Gasteiger partial charge in [0.15, 0.2) is 0 Å². The van der Waals surface area contributed by atoms with E-state index in [1.165, 1.54) is 11.6 Å². The molecule has 0 saturated carbocycles. The van der Waals surface area contributed by atoms with Gasteiger partial charge in [-0.05, 0) is 17.7 Å². The number of hydrogen-bond acceptors (Lipinski definition) is 6. The largest absolute Gasteiger partial charge is 0.379 e. The molecule has 0 atom stereocenters. The monoisotopic (exact) mass is 480 g/mol. The summed E-state index contributed by atoms with van der Waals surface area (Å²) in [7, 11) is 0. The van der Waals surface area contributed by atoms with Crippen LogP contribution in [0.2, 0.25) is 0 Å². The molecule has 1 aromatic heterocycles. The number of aromatic nitrogens is 1. The molecule has 5 rings (SSSR count). The minimum Gasteiger partial charge on any atom is -0.379 e. The Labute approximate surface area is 203 Å². The number of anilines is 1. The summed E-state index contributed by atoms with van der Waals surface area (Å²) in [5.74, 6) is -0.141. The number of benzene rings is 2. The molecule has 34 heavy (non-hydrogen) atoms. The average Bonchev–Trinajstić information content (AvgIpc) is 3.34. The van der Waals surface area contributed by atoms with E-state index in [2.05, 4.69) is 29.2 Å². The SMILES string of the molecule is O=C(Cc1csc(-c2ccc(CN3CCOCC3)cc2)n1)N1CCN(c2ccccc2F)CC1. The smallest absolute Gasteiger partial charge is 0.228 e. The molecule has 2 aliphatic heterocycles. The van der Waals surface area contributed by atoms with Gasteiger partial charge in [0.1, 0.15) is 10.8 Å². The van der Waals surface area contributed by atoms with Crippen LogP contribution < -0.4 is 4.90 Å². The van der Waals surface area contributed by atoms with E-state index in [9.17, 15) is 9.18 Å². The standard InChI is InChI=1S/C26H29FN4O2S/c27-23-3-1-2-4-24(23)30-9-11-31(12-10-30)25(32)17-22-19-34-26(28-22)21-7-5-20(6-8-21)18-29-13-15-33-16-14-29/h1-8,19H,9-18H2. The summed E-state index contributed by atoms with van der Waals surface area (Å²) < 4.78 is 19.5. The Morgan fingerprint density at radius 1 is 0.971 bits per heavy atom. The number of carbonyl (C=O) groups excluding carboxylic acids is 1. The molecule has 1 amide bonds. The third-order valence-corrected chi connectivity index (χ3v) is 7.36. The molecule has 3 heterocycles. The number of ether oxygens (including phenoxy) is 1. The number of nitrogens with zero attached hydrogens (tertiary/aromatic N) is 4. The summed E-state index contributed by atoms with van der Waals surface area (Å²) in [4.78, 5) is 23.8. The Morgan fingerprint density at radius 2 is 1.71 bits per heavy atom. The molecule has 0 radical (unpaired) electrons. The van der Waals surface area contributed by atoms with E-state index in [1.807, 2.05) is 21.2 Å². The summed E-state index contributed by atoms with van der Waals surface area (Å²) in [6.45, 7) is 6.94. The Hall–Kier alpha value is -2.81. The van der Waals surface area contributed by atoms with Crippen molar-refractivity contribution in [1.82, 2.24) is 14.8 Å². The Balaban J connectivity index is 1.14. The van der Waals surface area contributed by atoms with Gasteiger partial charge in [0.25, 0.3) is 0 Å². The van der Waals surface area contributed by atoms with Crippen molar-refractivity contribution >= 4 is 22.9 Å². The lowest BCUT2D eigenvalue weighted by molar-refractivity contribution is -0.130. The van der Waals surface area contributed by atoms with Crippen LogP contribution in [0.5, 0.6) is 0 Å². The highest BCUT2D eigenvalue weighted by Gasteiger charge is 2.23. The normalized spacial score (nSPS) is 17.2. The van der Waals surface area contributed by atoms with E-state index >= 15 is 0 Å². The van der Waals surface area contributed by atoms with Crippen molar-refractivity contribution in [2.75, 3.05) is 57.4 Å². The second-order valence-electron chi connectivity index (χ2n) is 8.73. The fourth-order valence-corrected chi connectivity index (χ4v) is 5.29. The van der Waals surface area contributed by atoms with E-state index < -0.39 is 0 Å². The zero-order valence-corrected chi connectivity index (χ0v) is 20.0. The van der Waals surface area contributed by atoms with Crippen LogP contribution in [0.4, 0.5) is 10.1 Å². The van der Waals surface area contributed by atoms with Crippen LogP contribution in [0, 0.1) is 5.82 Å². The third-order valence-electron chi connectivity index (χ3n) is 6.42. The highest BCUT2D eigenvalue weighted by Crippen LogP contribution is 2.25. The highest BCUT2D eigenvalue weighted by atomic mass is 32.1. The predicted molar refractivity (Wildman–Crippen MR) is 133 cm³/mol. The maximum absolute atomic E-state index is 14.1. The molecule has 3 aromatic rings. The number of thiazole rings is 1. The molecule has 2 aliphatic rings. The van der Waals surface area contributed by atoms with Gasteiger partial charge in [-0.2, -0.15) is 0 Å². The van der Waals surface area contributed by atoms with Crippen LogP contribution in [0.25, 0.3) is 10.6 Å². The summed E-state index contributed by atoms with van der Waals surface area (Å²) in [6, 6.07) is 15.3. The van der Waals surface area contributed by atoms with E-state index in [4.69, 9.17) is 9.72 Å². The first-order valence-electron chi connectivity index (χ1n) is 11.8. The van der Waals surface area contributed by atoms with E-state index in [1.54, 1.807) is 23.5 Å². The number of piperazine rings is 1. The van der Waals surface area contributed by atoms with Gasteiger partial charge in [0.05, 0.1) is 31.0 Å². The molecule has 0 spiro atoms. The minimum atomic E-state index is -0.216. The number of rotatable bonds is 6. The lowest BCUT2D eigenvalue weighted by atomic mass is 10.1. The molecule has 2 saturated heterocycles. The van der Waals surface area contributed by atoms with E-state index in [0.717, 1.165) is 49.1 Å². The summed E-state index contributed by atoms with van der Waals surface area (Å²) in [5.41, 5.74) is 3.77. The number of amides is 1. The summed E-state index contributed by atoms with van der Waals surface area (Å²) >= 11 is 1.57. The van der Waals surface area contributed by atoms with Crippen LogP contribution in [0.3, 0.4) is 0 Å². The molecule has 0 N–H and O–H groups in total. The molecule has 2 aromatic carbocycles. The lowest BCUT2D eigenvalue weighted by Gasteiger charge is -2.36. The number of morpholine rings is 1. The summed E-state index contributed by atoms with van der Waals surface area (Å²) in [6.07, 6.45) is 0.297. The first-order chi connectivity index (χ1) is 16.7. The van der Waals surface area contributed by atoms with Gasteiger partial charge >= 0.3 is 0 Å². The highest BCUT2D eigenvalue weighted by molar-refractivity contribution is 7.13. The maximum Gasteiger partial charge on any atom is 0.228 e. The maximum atomic E-state index is 14.1. The fraction of sp³-hybridized carbons (Fsp3) is 0.385. The van der Waals surface area contributed by atoms with Gasteiger partial charge in [-0.25, -0.2) is 9.37 Å². The van der Waals surface area contributed by atoms with Crippen LogP contribution >= 0.6 is 11.3 Å². The van der Waals surface area contributed by atoms with Gasteiger partial charge in [-0.1, -0.05) is 36.4 Å².